The third-order valence-electron chi connectivity index (χ3n) is 1.16. The van der Waals surface area contributed by atoms with Gasteiger partial charge in [-0.1, -0.05) is 0 Å². The molecule has 0 spiro atoms. The molecule has 0 aliphatic carbocycles. The van der Waals surface area contributed by atoms with Crippen LogP contribution in [0.5, 0.6) is 0 Å². The first-order chi connectivity index (χ1) is 6.63. The second-order valence-corrected chi connectivity index (χ2v) is 9.68. The van der Waals surface area contributed by atoms with Crippen LogP contribution >= 0.6 is 54.9 Å². The highest BCUT2D eigenvalue weighted by Crippen LogP contribution is 2.61. The van der Waals surface area contributed by atoms with Gasteiger partial charge in [0.05, 0.1) is 4.47 Å². The van der Waals surface area contributed by atoms with E-state index >= 15 is 0 Å². The van der Waals surface area contributed by atoms with E-state index in [4.69, 9.17) is 0 Å². The van der Waals surface area contributed by atoms with Crippen molar-refractivity contribution in [2.24, 2.45) is 0 Å². The number of nitrogens with one attached hydrogen (secondary N) is 2. The van der Waals surface area contributed by atoms with Crippen LogP contribution in [0, 0.1) is 6.92 Å². The minimum absolute atomic E-state index is 0.286. The van der Waals surface area contributed by atoms with Crippen molar-refractivity contribution < 1.29 is 4.57 Å². The van der Waals surface area contributed by atoms with Gasteiger partial charge in [0, 0.05) is 5.56 Å². The molecule has 0 aliphatic heterocycles. The molecule has 1 heterocycles. The summed E-state index contributed by atoms with van der Waals surface area (Å²) in [6, 6.07) is 0. The Morgan fingerprint density at radius 1 is 1.13 bits per heavy atom. The van der Waals surface area contributed by atoms with Crippen LogP contribution in [0.25, 0.3) is 0 Å². The molecule has 1 rings (SSSR count). The molecule has 0 saturated heterocycles. The first kappa shape index (κ1) is 15.3. The summed E-state index contributed by atoms with van der Waals surface area (Å²) < 4.78 is 9.80. The van der Waals surface area contributed by atoms with Gasteiger partial charge in [0.1, 0.15) is 0 Å². The monoisotopic (exact) mass is 356 g/mol. The van der Waals surface area contributed by atoms with Crippen molar-refractivity contribution in [1.29, 1.82) is 0 Å². The fraction of sp³-hybridized carbons (Fsp3) is 0.200. The second-order valence-electron chi connectivity index (χ2n) is 2.25. The molecule has 2 N–H and O–H groups in total. The maximum absolute atomic E-state index is 10.7. The molecular formula is C5H5BrCl3N2O3P. The highest BCUT2D eigenvalue weighted by molar-refractivity contribution is 9.10. The third-order valence-corrected chi connectivity index (χ3v) is 2.11. The van der Waals surface area contributed by atoms with Gasteiger partial charge in [-0.15, -0.1) is 0 Å². The van der Waals surface area contributed by atoms with E-state index in [1.54, 1.807) is 6.92 Å². The maximum atomic E-state index is 10.7. The van der Waals surface area contributed by atoms with Gasteiger partial charge in [-0.3, -0.25) is 24.4 Å². The zero-order valence-corrected chi connectivity index (χ0v) is 11.9. The summed E-state index contributed by atoms with van der Waals surface area (Å²) in [6.45, 7) is 1.57. The molecule has 0 radical (unpaired) electrons. The molecule has 0 bridgehead atoms. The number of halogens is 4. The van der Waals surface area contributed by atoms with Crippen LogP contribution in [0.4, 0.5) is 0 Å². The summed E-state index contributed by atoms with van der Waals surface area (Å²) in [5.74, 6) is 0. The summed E-state index contributed by atoms with van der Waals surface area (Å²) in [4.78, 5) is 21.5. The highest BCUT2D eigenvalue weighted by Gasteiger charge is 2.03. The Hall–Kier alpha value is 0.260. The molecule has 15 heavy (non-hydrogen) atoms. The average molecular weight is 358 g/mol. The Kier molecular flexibility index (Phi) is 6.21. The van der Waals surface area contributed by atoms with Crippen molar-refractivity contribution >= 4 is 54.9 Å². The van der Waals surface area contributed by atoms with Gasteiger partial charge in [-0.25, -0.2) is 0 Å². The number of H-pyrrole nitrogens is 2. The molecule has 10 heteroatoms. The van der Waals surface area contributed by atoms with E-state index in [2.05, 4.69) is 59.8 Å². The van der Waals surface area contributed by atoms with Crippen molar-refractivity contribution in [2.75, 3.05) is 0 Å². The predicted octanol–water partition coefficient (Wildman–Crippen LogP) is 2.95. The standard InChI is InChI=1S/C5H5BrN2O2.Cl3OP/c1-2-3(6)5(10)8-7-4(2)9;1-5(2,3)4/h1H3,(H,7,9)(H,8,10);. The topological polar surface area (TPSA) is 82.8 Å². The summed E-state index contributed by atoms with van der Waals surface area (Å²) in [7, 11) is 0. The van der Waals surface area contributed by atoms with Crippen molar-refractivity contribution in [3.05, 3.63) is 30.7 Å². The van der Waals surface area contributed by atoms with Gasteiger partial charge in [0.15, 0.2) is 0 Å². The van der Waals surface area contributed by atoms with E-state index in [0.717, 1.165) is 0 Å². The summed E-state index contributed by atoms with van der Waals surface area (Å²) in [5.41, 5.74) is -0.215. The van der Waals surface area contributed by atoms with Gasteiger partial charge >= 0.3 is 5.20 Å². The van der Waals surface area contributed by atoms with Gasteiger partial charge in [-0.05, 0) is 56.6 Å². The Bertz CT molecular complexity index is 450. The lowest BCUT2D eigenvalue weighted by Crippen LogP contribution is -2.21. The Morgan fingerprint density at radius 2 is 1.47 bits per heavy atom. The van der Waals surface area contributed by atoms with Gasteiger partial charge in [0.25, 0.3) is 11.1 Å². The van der Waals surface area contributed by atoms with Crippen molar-refractivity contribution in [3.8, 4) is 0 Å². The fourth-order valence-corrected chi connectivity index (χ4v) is 0.811. The Labute approximate surface area is 107 Å². The number of hydrogen-bond acceptors (Lipinski definition) is 3. The van der Waals surface area contributed by atoms with Gasteiger partial charge in [-0.2, -0.15) is 0 Å². The zero-order chi connectivity index (χ0) is 12.2. The molecule has 1 aromatic rings. The fourth-order valence-electron chi connectivity index (χ4n) is 0.532. The molecule has 0 aliphatic rings. The van der Waals surface area contributed by atoms with Crippen LogP contribution in [-0.2, 0) is 4.57 Å². The quantitative estimate of drug-likeness (QED) is 0.700. The molecule has 86 valence electrons. The predicted molar refractivity (Wildman–Crippen MR) is 65.3 cm³/mol. The van der Waals surface area contributed by atoms with E-state index in [1.165, 1.54) is 0 Å². The van der Waals surface area contributed by atoms with E-state index in [9.17, 15) is 14.2 Å². The smallest absolute Gasteiger partial charge is 0.271 e. The summed E-state index contributed by atoms with van der Waals surface area (Å²) >= 11 is 16.8. The van der Waals surface area contributed by atoms with E-state index in [-0.39, 0.29) is 15.6 Å². The van der Waals surface area contributed by atoms with Crippen molar-refractivity contribution in [1.82, 2.24) is 10.2 Å². The molecule has 0 atom stereocenters. The molecule has 0 unspecified atom stereocenters. The molecule has 0 saturated carbocycles. The van der Waals surface area contributed by atoms with E-state index < -0.39 is 5.20 Å². The van der Waals surface area contributed by atoms with E-state index in [1.807, 2.05) is 0 Å². The largest absolute Gasteiger partial charge is 0.339 e. The van der Waals surface area contributed by atoms with Crippen LogP contribution in [0.1, 0.15) is 5.56 Å². The molecule has 0 fully saturated rings. The lowest BCUT2D eigenvalue weighted by Gasteiger charge is -1.91. The number of aromatic amines is 2. The first-order valence-corrected chi connectivity index (χ1v) is 8.50. The van der Waals surface area contributed by atoms with Crippen LogP contribution in [0.2, 0.25) is 0 Å². The number of rotatable bonds is 0. The Morgan fingerprint density at radius 3 is 1.80 bits per heavy atom. The zero-order valence-electron chi connectivity index (χ0n) is 7.18. The highest BCUT2D eigenvalue weighted by atomic mass is 79.9. The second kappa shape index (κ2) is 6.11. The van der Waals surface area contributed by atoms with Crippen LogP contribution < -0.4 is 11.1 Å². The average Bonchev–Trinajstić information content (AvgIpc) is 2.05. The summed E-state index contributed by atoms with van der Waals surface area (Å²) in [6.07, 6.45) is 0. The minimum Gasteiger partial charge on any atom is -0.271 e. The maximum Gasteiger partial charge on any atom is 0.339 e. The molecular weight excluding hydrogens is 353 g/mol. The molecule has 5 nitrogen and oxygen atoms in total. The lowest BCUT2D eigenvalue weighted by atomic mass is 10.3. The van der Waals surface area contributed by atoms with Crippen LogP contribution in [0.3, 0.4) is 0 Å². The van der Waals surface area contributed by atoms with Crippen LogP contribution in [0.15, 0.2) is 14.1 Å². The molecule has 1 aromatic heterocycles. The van der Waals surface area contributed by atoms with Gasteiger partial charge in [0.2, 0.25) is 0 Å². The van der Waals surface area contributed by atoms with Gasteiger partial charge < -0.3 is 0 Å². The number of aromatic nitrogens is 2. The molecule has 0 amide bonds. The van der Waals surface area contributed by atoms with Crippen molar-refractivity contribution in [3.63, 3.8) is 0 Å². The SMILES string of the molecule is Cc1c(Br)c(=O)[nH][nH]c1=O.O=P(Cl)(Cl)Cl. The van der Waals surface area contributed by atoms with E-state index in [0.29, 0.717) is 5.56 Å². The summed E-state index contributed by atoms with van der Waals surface area (Å²) in [5, 5.41) is 1.13. The Balaban J connectivity index is 0.000000336. The van der Waals surface area contributed by atoms with Crippen molar-refractivity contribution in [2.45, 2.75) is 6.92 Å². The normalized spacial score (nSPS) is 10.5. The minimum atomic E-state index is -3.22. The number of hydrogen-bond donors (Lipinski definition) is 2. The third kappa shape index (κ3) is 7.19. The lowest BCUT2D eigenvalue weighted by molar-refractivity contribution is 0.600. The first-order valence-electron chi connectivity index (χ1n) is 3.29. The van der Waals surface area contributed by atoms with Crippen LogP contribution in [-0.4, -0.2) is 10.2 Å². The molecule has 0 aromatic carbocycles.